The van der Waals surface area contributed by atoms with E-state index in [1.54, 1.807) is 0 Å². The van der Waals surface area contributed by atoms with Crippen LogP contribution in [0.1, 0.15) is 6.92 Å². The molecule has 2 aliphatic heterocycles. The minimum Gasteiger partial charge on any atom is -0.394 e. The first-order chi connectivity index (χ1) is 9.86. The van der Waals surface area contributed by atoms with Gasteiger partial charge in [-0.1, -0.05) is 0 Å². The van der Waals surface area contributed by atoms with E-state index in [1.807, 2.05) is 0 Å². The number of rotatable bonds is 3. The van der Waals surface area contributed by atoms with Gasteiger partial charge in [0.15, 0.2) is 6.29 Å². The van der Waals surface area contributed by atoms with Crippen LogP contribution in [0.25, 0.3) is 0 Å². The number of hydrogen-bond acceptors (Lipinski definition) is 9. The molecular weight excluding hydrogens is 288 g/mol. The van der Waals surface area contributed by atoms with Crippen LogP contribution in [-0.2, 0) is 14.2 Å². The largest absolute Gasteiger partial charge is 0.394 e. The third-order valence-corrected chi connectivity index (χ3v) is 3.86. The van der Waals surface area contributed by atoms with Gasteiger partial charge in [-0.3, -0.25) is 0 Å². The molecule has 2 fully saturated rings. The Morgan fingerprint density at radius 1 is 1.00 bits per heavy atom. The normalized spacial score (nSPS) is 51.9. The van der Waals surface area contributed by atoms with Crippen LogP contribution in [0.3, 0.4) is 0 Å². The lowest BCUT2D eigenvalue weighted by Gasteiger charge is -2.43. The van der Waals surface area contributed by atoms with Crippen molar-refractivity contribution in [2.75, 3.05) is 13.2 Å². The molecule has 2 heterocycles. The molecule has 9 nitrogen and oxygen atoms in total. The molecule has 0 bridgehead atoms. The number of aliphatic hydroxyl groups is 6. The molecule has 0 radical (unpaired) electrons. The third-order valence-electron chi connectivity index (χ3n) is 3.86. The fraction of sp³-hybridized carbons (Fsp3) is 1.00. The van der Waals surface area contributed by atoms with Gasteiger partial charge < -0.3 is 44.8 Å². The molecule has 2 aliphatic rings. The molecule has 6 N–H and O–H groups in total. The van der Waals surface area contributed by atoms with Crippen LogP contribution in [0.15, 0.2) is 0 Å². The minimum absolute atomic E-state index is 0.155. The smallest absolute Gasteiger partial charge is 0.187 e. The van der Waals surface area contributed by atoms with Gasteiger partial charge in [0.1, 0.15) is 42.7 Å². The quantitative estimate of drug-likeness (QED) is 0.310. The van der Waals surface area contributed by atoms with Gasteiger partial charge in [0.05, 0.1) is 19.3 Å². The zero-order valence-corrected chi connectivity index (χ0v) is 11.5. The zero-order chi connectivity index (χ0) is 15.7. The van der Waals surface area contributed by atoms with Crippen molar-refractivity contribution >= 4 is 0 Å². The lowest BCUT2D eigenvalue weighted by molar-refractivity contribution is -0.331. The van der Waals surface area contributed by atoms with Crippen LogP contribution in [-0.4, -0.2) is 99.0 Å². The molecule has 0 spiro atoms. The van der Waals surface area contributed by atoms with E-state index in [4.69, 9.17) is 14.2 Å². The topological polar surface area (TPSA) is 149 Å². The van der Waals surface area contributed by atoms with Gasteiger partial charge in [0.25, 0.3) is 0 Å². The van der Waals surface area contributed by atoms with Gasteiger partial charge in [-0.2, -0.15) is 0 Å². The predicted octanol–water partition coefficient (Wildman–Crippen LogP) is -3.69. The van der Waals surface area contributed by atoms with E-state index in [0.29, 0.717) is 0 Å². The van der Waals surface area contributed by atoms with Gasteiger partial charge in [-0.05, 0) is 6.92 Å². The van der Waals surface area contributed by atoms with Crippen LogP contribution in [0.2, 0.25) is 0 Å². The summed E-state index contributed by atoms with van der Waals surface area (Å²) in [7, 11) is 0. The van der Waals surface area contributed by atoms with Gasteiger partial charge in [0, 0.05) is 0 Å². The van der Waals surface area contributed by atoms with E-state index in [9.17, 15) is 30.6 Å². The first kappa shape index (κ1) is 17.0. The zero-order valence-electron chi connectivity index (χ0n) is 11.5. The van der Waals surface area contributed by atoms with E-state index < -0.39 is 61.7 Å². The minimum atomic E-state index is -1.54. The lowest BCUT2D eigenvalue weighted by atomic mass is 9.98. The van der Waals surface area contributed by atoms with E-state index in [-0.39, 0.29) is 6.61 Å². The number of aliphatic hydroxyl groups excluding tert-OH is 6. The summed E-state index contributed by atoms with van der Waals surface area (Å²) >= 11 is 0. The van der Waals surface area contributed by atoms with Gasteiger partial charge in [0.2, 0.25) is 0 Å². The summed E-state index contributed by atoms with van der Waals surface area (Å²) in [5.41, 5.74) is 0. The molecule has 21 heavy (non-hydrogen) atoms. The molecular formula is C12H22O9. The maximum absolute atomic E-state index is 9.92. The fourth-order valence-electron chi connectivity index (χ4n) is 2.46. The molecule has 0 amide bonds. The molecule has 0 unspecified atom stereocenters. The molecule has 124 valence electrons. The molecule has 0 aromatic rings. The van der Waals surface area contributed by atoms with Crippen LogP contribution >= 0.6 is 0 Å². The Balaban J connectivity index is 2.07. The number of hydrogen-bond donors (Lipinski definition) is 6. The van der Waals surface area contributed by atoms with E-state index in [1.165, 1.54) is 6.92 Å². The molecule has 0 saturated carbocycles. The molecule has 0 aliphatic carbocycles. The van der Waals surface area contributed by atoms with Gasteiger partial charge in [-0.15, -0.1) is 0 Å². The highest BCUT2D eigenvalue weighted by molar-refractivity contribution is 4.91. The summed E-state index contributed by atoms with van der Waals surface area (Å²) in [4.78, 5) is 0. The average Bonchev–Trinajstić information content (AvgIpc) is 2.47. The van der Waals surface area contributed by atoms with Crippen molar-refractivity contribution in [1.29, 1.82) is 0 Å². The second-order valence-electron chi connectivity index (χ2n) is 5.39. The average molecular weight is 310 g/mol. The van der Waals surface area contributed by atoms with E-state index in [2.05, 4.69) is 0 Å². The van der Waals surface area contributed by atoms with Crippen LogP contribution < -0.4 is 0 Å². The van der Waals surface area contributed by atoms with Crippen LogP contribution in [0.5, 0.6) is 0 Å². The Kier molecular flexibility index (Phi) is 5.52. The first-order valence-electron chi connectivity index (χ1n) is 6.80. The number of ether oxygens (including phenoxy) is 3. The van der Waals surface area contributed by atoms with Crippen molar-refractivity contribution < 1.29 is 44.8 Å². The van der Waals surface area contributed by atoms with Crippen molar-refractivity contribution in [3.8, 4) is 0 Å². The highest BCUT2D eigenvalue weighted by atomic mass is 16.7. The standard InChI is InChI=1S/C12H22O9/c1-4-7(15)9(17)10(18)12(20-4)21-11-6(2-13)19-3-5(14)8(11)16/h4-18H,2-3H2,1H3/t4-,5-,6+,7+,8+,9+,10-,11-,12-/m0/s1. The monoisotopic (exact) mass is 310 g/mol. The maximum Gasteiger partial charge on any atom is 0.187 e. The molecule has 2 saturated heterocycles. The van der Waals surface area contributed by atoms with Gasteiger partial charge in [-0.25, -0.2) is 0 Å². The molecule has 0 aromatic carbocycles. The van der Waals surface area contributed by atoms with Crippen LogP contribution in [0.4, 0.5) is 0 Å². The Hall–Kier alpha value is -0.360. The van der Waals surface area contributed by atoms with Crippen molar-refractivity contribution in [2.45, 2.75) is 62.0 Å². The summed E-state index contributed by atoms with van der Waals surface area (Å²) in [6, 6.07) is 0. The first-order valence-corrected chi connectivity index (χ1v) is 6.80. The van der Waals surface area contributed by atoms with E-state index in [0.717, 1.165) is 0 Å². The van der Waals surface area contributed by atoms with Crippen molar-refractivity contribution in [3.05, 3.63) is 0 Å². The van der Waals surface area contributed by atoms with Crippen molar-refractivity contribution in [1.82, 2.24) is 0 Å². The summed E-state index contributed by atoms with van der Waals surface area (Å²) in [6.07, 6.45) is -11.0. The van der Waals surface area contributed by atoms with Crippen molar-refractivity contribution in [3.63, 3.8) is 0 Å². The Labute approximate surface area is 121 Å². The summed E-state index contributed by atoms with van der Waals surface area (Å²) in [5, 5.41) is 57.9. The predicted molar refractivity (Wildman–Crippen MR) is 66.1 cm³/mol. The summed E-state index contributed by atoms with van der Waals surface area (Å²) in [5.74, 6) is 0. The van der Waals surface area contributed by atoms with E-state index >= 15 is 0 Å². The molecule has 2 rings (SSSR count). The van der Waals surface area contributed by atoms with Crippen molar-refractivity contribution in [2.24, 2.45) is 0 Å². The fourth-order valence-corrected chi connectivity index (χ4v) is 2.46. The molecule has 9 heteroatoms. The Bertz CT molecular complexity index is 339. The highest BCUT2D eigenvalue weighted by Crippen LogP contribution is 2.26. The molecule has 9 atom stereocenters. The van der Waals surface area contributed by atoms with Gasteiger partial charge >= 0.3 is 0 Å². The summed E-state index contributed by atoms with van der Waals surface area (Å²) < 4.78 is 15.8. The van der Waals surface area contributed by atoms with Crippen LogP contribution in [0, 0.1) is 0 Å². The SMILES string of the molecule is C[C@@H]1O[C@@H](O[C@@H]2[C@H](O)[C@@H](O)CO[C@@H]2CO)[C@@H](O)[C@H](O)[C@@H]1O. The highest BCUT2D eigenvalue weighted by Gasteiger charge is 2.47. The second-order valence-corrected chi connectivity index (χ2v) is 5.39. The lowest BCUT2D eigenvalue weighted by Crippen LogP contribution is -2.62. The second kappa shape index (κ2) is 6.82. The summed E-state index contributed by atoms with van der Waals surface area (Å²) in [6.45, 7) is 0.873. The Morgan fingerprint density at radius 2 is 1.67 bits per heavy atom. The maximum atomic E-state index is 9.92. The Morgan fingerprint density at radius 3 is 2.29 bits per heavy atom. The third kappa shape index (κ3) is 3.36. The molecule has 0 aromatic heterocycles.